The molecule has 6 rings (SSSR count). The molecular formula is C25H41NO5. The van der Waals surface area contributed by atoms with Crippen molar-refractivity contribution in [3.8, 4) is 0 Å². The maximum atomic E-state index is 11.6. The number of rotatable bonds is 6. The molecule has 7 bridgehead atoms. The lowest BCUT2D eigenvalue weighted by Gasteiger charge is -2.70. The first-order valence-corrected chi connectivity index (χ1v) is 12.5. The van der Waals surface area contributed by atoms with Gasteiger partial charge in [-0.2, -0.15) is 0 Å². The standard InChI is InChI=1S/C25H41NO5/c1-6-26-12-23(13-28-2)8-7-19(30-4)25-15-9-14-17(29-3)11-24(31-5,20(15)21(14)27)16(22(25)26)10-18(23)25/h14-22,27H,6-13H2,1-5H3/t14-,15-,16+,17+,18-,19+,20-,21+,22-,23+,24+,25-/m1/s1. The summed E-state index contributed by atoms with van der Waals surface area (Å²) in [7, 11) is 7.52. The summed E-state index contributed by atoms with van der Waals surface area (Å²) in [5.41, 5.74) is -0.0439. The molecule has 0 radical (unpaired) electrons. The van der Waals surface area contributed by atoms with Gasteiger partial charge in [0.15, 0.2) is 0 Å². The molecule has 0 aromatic rings. The fourth-order valence-corrected chi connectivity index (χ4v) is 11.0. The van der Waals surface area contributed by atoms with Crippen molar-refractivity contribution in [3.63, 3.8) is 0 Å². The van der Waals surface area contributed by atoms with Gasteiger partial charge in [0.25, 0.3) is 0 Å². The van der Waals surface area contributed by atoms with Crippen molar-refractivity contribution in [1.29, 1.82) is 0 Å². The first-order valence-electron chi connectivity index (χ1n) is 12.5. The third kappa shape index (κ3) is 2.17. The summed E-state index contributed by atoms with van der Waals surface area (Å²) in [4.78, 5) is 2.77. The number of nitrogens with zero attached hydrogens (tertiary/aromatic N) is 1. The molecule has 1 saturated heterocycles. The van der Waals surface area contributed by atoms with Gasteiger partial charge in [0.2, 0.25) is 0 Å². The Morgan fingerprint density at radius 2 is 1.87 bits per heavy atom. The Kier molecular flexibility index (Phi) is 4.74. The molecule has 12 atom stereocenters. The summed E-state index contributed by atoms with van der Waals surface area (Å²) in [6, 6.07) is 0.459. The molecule has 6 heteroatoms. The van der Waals surface area contributed by atoms with E-state index in [4.69, 9.17) is 18.9 Å². The van der Waals surface area contributed by atoms with Gasteiger partial charge >= 0.3 is 0 Å². The maximum absolute atomic E-state index is 11.6. The fraction of sp³-hybridized carbons (Fsp3) is 1.00. The number of aliphatic hydroxyl groups excluding tert-OH is 1. The minimum absolute atomic E-state index is 0.0789. The van der Waals surface area contributed by atoms with Crippen molar-refractivity contribution in [1.82, 2.24) is 4.90 Å². The van der Waals surface area contributed by atoms with Crippen molar-refractivity contribution in [2.24, 2.45) is 40.4 Å². The second-order valence-corrected chi connectivity index (χ2v) is 11.6. The van der Waals surface area contributed by atoms with Crippen LogP contribution in [0.4, 0.5) is 0 Å². The van der Waals surface area contributed by atoms with Crippen LogP contribution < -0.4 is 0 Å². The molecule has 5 aliphatic carbocycles. The van der Waals surface area contributed by atoms with Crippen LogP contribution in [0.2, 0.25) is 0 Å². The summed E-state index contributed by atoms with van der Waals surface area (Å²) in [6.07, 6.45) is 5.39. The van der Waals surface area contributed by atoms with E-state index in [0.717, 1.165) is 39.0 Å². The van der Waals surface area contributed by atoms with E-state index in [2.05, 4.69) is 11.8 Å². The van der Waals surface area contributed by atoms with Gasteiger partial charge in [0.1, 0.15) is 0 Å². The number of likely N-dealkylation sites (tertiary alicyclic amines) is 1. The molecule has 0 amide bonds. The lowest BCUT2D eigenvalue weighted by molar-refractivity contribution is -0.281. The molecule has 6 nitrogen and oxygen atoms in total. The number of aliphatic hydroxyl groups is 1. The van der Waals surface area contributed by atoms with Crippen LogP contribution in [0.1, 0.15) is 39.0 Å². The van der Waals surface area contributed by atoms with E-state index in [1.165, 1.54) is 12.8 Å². The molecule has 1 heterocycles. The number of fused-ring (bicyclic) bond motifs is 2. The van der Waals surface area contributed by atoms with Gasteiger partial charge in [-0.25, -0.2) is 0 Å². The normalized spacial score (nSPS) is 59.2. The Hall–Kier alpha value is -0.240. The molecule has 0 aromatic carbocycles. The van der Waals surface area contributed by atoms with Gasteiger partial charge in [-0.1, -0.05) is 6.92 Å². The van der Waals surface area contributed by atoms with E-state index >= 15 is 0 Å². The van der Waals surface area contributed by atoms with Crippen LogP contribution in [0, 0.1) is 40.4 Å². The highest BCUT2D eigenvalue weighted by molar-refractivity contribution is 5.33. The van der Waals surface area contributed by atoms with E-state index in [1.54, 1.807) is 0 Å². The third-order valence-corrected chi connectivity index (χ3v) is 11.5. The molecule has 5 saturated carbocycles. The second-order valence-electron chi connectivity index (χ2n) is 11.6. The van der Waals surface area contributed by atoms with Crippen molar-refractivity contribution >= 4 is 0 Å². The number of hydrogen-bond donors (Lipinski definition) is 1. The molecule has 6 fully saturated rings. The van der Waals surface area contributed by atoms with Gasteiger partial charge in [0, 0.05) is 76.0 Å². The van der Waals surface area contributed by atoms with E-state index in [-0.39, 0.29) is 46.6 Å². The molecular weight excluding hydrogens is 394 g/mol. The molecule has 1 spiro atoms. The highest BCUT2D eigenvalue weighted by Gasteiger charge is 2.84. The minimum Gasteiger partial charge on any atom is -0.392 e. The van der Waals surface area contributed by atoms with E-state index in [0.29, 0.717) is 23.8 Å². The van der Waals surface area contributed by atoms with Gasteiger partial charge in [-0.05, 0) is 44.1 Å². The Balaban J connectivity index is 1.59. The molecule has 0 aromatic heterocycles. The maximum Gasteiger partial charge on any atom is 0.0802 e. The smallest absolute Gasteiger partial charge is 0.0802 e. The number of piperidine rings is 1. The summed E-state index contributed by atoms with van der Waals surface area (Å²) in [6.45, 7) is 5.32. The zero-order chi connectivity index (χ0) is 21.8. The molecule has 1 N–H and O–H groups in total. The second kappa shape index (κ2) is 6.89. The van der Waals surface area contributed by atoms with Crippen LogP contribution in [0.25, 0.3) is 0 Å². The summed E-state index contributed by atoms with van der Waals surface area (Å²) in [5.74, 6) is 1.80. The van der Waals surface area contributed by atoms with E-state index < -0.39 is 0 Å². The lowest BCUT2D eigenvalue weighted by Crippen LogP contribution is -2.76. The van der Waals surface area contributed by atoms with Crippen molar-refractivity contribution in [2.45, 2.75) is 69.0 Å². The first kappa shape index (κ1) is 21.3. The largest absolute Gasteiger partial charge is 0.392 e. The highest BCUT2D eigenvalue weighted by Crippen LogP contribution is 2.79. The predicted octanol–water partition coefficient (Wildman–Crippen LogP) is 2.19. The predicted molar refractivity (Wildman–Crippen MR) is 116 cm³/mol. The SMILES string of the molecule is CCN1C[C@]2(COC)CC[C@H](OC)[C@@]34[C@@H]5C[C@H]6[C@H](O)[C@@H]5[C@](OC)(C[C@@H]6OC)[C@@H](C[C@H]23)[C@@H]14. The Morgan fingerprint density at radius 3 is 2.52 bits per heavy atom. The van der Waals surface area contributed by atoms with Gasteiger partial charge in [-0.15, -0.1) is 0 Å². The van der Waals surface area contributed by atoms with Gasteiger partial charge < -0.3 is 24.1 Å². The van der Waals surface area contributed by atoms with Crippen molar-refractivity contribution < 1.29 is 24.1 Å². The minimum atomic E-state index is -0.339. The zero-order valence-corrected chi connectivity index (χ0v) is 19.9. The van der Waals surface area contributed by atoms with Crippen LogP contribution in [0.3, 0.4) is 0 Å². The molecule has 31 heavy (non-hydrogen) atoms. The van der Waals surface area contributed by atoms with Crippen molar-refractivity contribution in [3.05, 3.63) is 0 Å². The van der Waals surface area contributed by atoms with Crippen LogP contribution in [-0.4, -0.2) is 88.1 Å². The molecule has 1 aliphatic heterocycles. The highest BCUT2D eigenvalue weighted by atomic mass is 16.5. The summed E-state index contributed by atoms with van der Waals surface area (Å²) >= 11 is 0. The van der Waals surface area contributed by atoms with Crippen molar-refractivity contribution in [2.75, 3.05) is 48.1 Å². The van der Waals surface area contributed by atoms with E-state index in [9.17, 15) is 5.11 Å². The number of methoxy groups -OCH3 is 4. The van der Waals surface area contributed by atoms with Crippen LogP contribution in [-0.2, 0) is 18.9 Å². The first-order chi connectivity index (χ1) is 15.0. The summed E-state index contributed by atoms with van der Waals surface area (Å²) < 4.78 is 24.9. The van der Waals surface area contributed by atoms with Gasteiger partial charge in [0.05, 0.1) is 30.5 Å². The average Bonchev–Trinajstić information content (AvgIpc) is 3.18. The Labute approximate surface area is 186 Å². The fourth-order valence-electron chi connectivity index (χ4n) is 11.0. The average molecular weight is 436 g/mol. The van der Waals surface area contributed by atoms with E-state index in [1.807, 2.05) is 28.4 Å². The Morgan fingerprint density at radius 1 is 1.06 bits per heavy atom. The molecule has 6 aliphatic rings. The third-order valence-electron chi connectivity index (χ3n) is 11.5. The lowest BCUT2D eigenvalue weighted by atomic mass is 9.43. The monoisotopic (exact) mass is 435 g/mol. The number of ether oxygens (including phenoxy) is 4. The quantitative estimate of drug-likeness (QED) is 0.690. The molecule has 176 valence electrons. The van der Waals surface area contributed by atoms with Crippen LogP contribution >= 0.6 is 0 Å². The van der Waals surface area contributed by atoms with Gasteiger partial charge in [-0.3, -0.25) is 4.90 Å². The van der Waals surface area contributed by atoms with Crippen LogP contribution in [0.15, 0.2) is 0 Å². The topological polar surface area (TPSA) is 60.4 Å². The Bertz CT molecular complexity index is 735. The zero-order valence-electron chi connectivity index (χ0n) is 19.9. The molecule has 0 unspecified atom stereocenters. The summed E-state index contributed by atoms with van der Waals surface area (Å²) in [5, 5.41) is 11.6. The number of hydrogen-bond acceptors (Lipinski definition) is 6. The van der Waals surface area contributed by atoms with Crippen LogP contribution in [0.5, 0.6) is 0 Å².